The monoisotopic (exact) mass is 569 g/mol. The second-order valence-electron chi connectivity index (χ2n) is 8.07. The smallest absolute Gasteiger partial charge is 0.390 e. The third kappa shape index (κ3) is 6.01. The van der Waals surface area contributed by atoms with Crippen molar-refractivity contribution in [3.8, 4) is 22.5 Å². The van der Waals surface area contributed by atoms with Gasteiger partial charge in [-0.25, -0.2) is 14.3 Å². The molecule has 1 aromatic heterocycles. The van der Waals surface area contributed by atoms with Gasteiger partial charge in [-0.15, -0.1) is 5.10 Å². The van der Waals surface area contributed by atoms with Crippen LogP contribution in [0.15, 0.2) is 65.5 Å². The molecule has 0 aliphatic heterocycles. The molecule has 4 aromatic rings. The normalized spacial score (nSPS) is 11.6. The third-order valence-electron chi connectivity index (χ3n) is 5.56. The van der Waals surface area contributed by atoms with Crippen molar-refractivity contribution in [2.24, 2.45) is 0 Å². The van der Waals surface area contributed by atoms with E-state index in [2.05, 4.69) is 5.10 Å². The number of aromatic nitrogens is 3. The molecule has 0 saturated carbocycles. The number of hydrogen-bond donors (Lipinski definition) is 1. The molecule has 37 heavy (non-hydrogen) atoms. The summed E-state index contributed by atoms with van der Waals surface area (Å²) in [6, 6.07) is 15.5. The Morgan fingerprint density at radius 3 is 2.30 bits per heavy atom. The maximum Gasteiger partial charge on any atom is 0.390 e. The van der Waals surface area contributed by atoms with Crippen LogP contribution >= 0.6 is 34.8 Å². The van der Waals surface area contributed by atoms with Crippen LogP contribution < -0.4 is 5.69 Å². The largest absolute Gasteiger partial charge is 0.478 e. The first-order valence-electron chi connectivity index (χ1n) is 10.8. The van der Waals surface area contributed by atoms with Gasteiger partial charge < -0.3 is 5.11 Å². The van der Waals surface area contributed by atoms with E-state index in [9.17, 15) is 27.9 Å². The lowest BCUT2D eigenvalue weighted by molar-refractivity contribution is -0.136. The second-order valence-corrected chi connectivity index (χ2v) is 9.29. The number of benzene rings is 3. The highest BCUT2D eigenvalue weighted by atomic mass is 35.5. The van der Waals surface area contributed by atoms with Crippen molar-refractivity contribution in [3.63, 3.8) is 0 Å². The van der Waals surface area contributed by atoms with Gasteiger partial charge in [-0.05, 0) is 53.6 Å². The van der Waals surface area contributed by atoms with Crippen LogP contribution in [-0.4, -0.2) is 31.6 Å². The first-order valence-corrected chi connectivity index (χ1v) is 11.9. The quantitative estimate of drug-likeness (QED) is 0.259. The summed E-state index contributed by atoms with van der Waals surface area (Å²) in [5.41, 5.74) is 0.724. The van der Waals surface area contributed by atoms with Crippen LogP contribution in [0.5, 0.6) is 0 Å². The average Bonchev–Trinajstić information content (AvgIpc) is 3.14. The Hall–Kier alpha value is -3.27. The highest BCUT2D eigenvalue weighted by Gasteiger charge is 2.28. The Bertz CT molecular complexity index is 1530. The maximum atomic E-state index is 13.2. The molecule has 0 fully saturated rings. The lowest BCUT2D eigenvalue weighted by Crippen LogP contribution is -2.27. The van der Waals surface area contributed by atoms with E-state index in [1.807, 2.05) is 0 Å². The molecule has 0 bridgehead atoms. The molecule has 4 rings (SSSR count). The first-order chi connectivity index (χ1) is 17.4. The van der Waals surface area contributed by atoms with E-state index in [1.54, 1.807) is 24.3 Å². The van der Waals surface area contributed by atoms with Crippen LogP contribution in [0.2, 0.25) is 15.1 Å². The number of alkyl halides is 3. The zero-order valence-corrected chi connectivity index (χ0v) is 21.0. The molecule has 0 spiro atoms. The van der Waals surface area contributed by atoms with Gasteiger partial charge in [-0.1, -0.05) is 53.0 Å². The van der Waals surface area contributed by atoms with Gasteiger partial charge >= 0.3 is 17.8 Å². The Morgan fingerprint density at radius 1 is 0.973 bits per heavy atom. The van der Waals surface area contributed by atoms with Crippen LogP contribution in [0.4, 0.5) is 13.2 Å². The van der Waals surface area contributed by atoms with Crippen LogP contribution in [0.25, 0.3) is 22.5 Å². The number of hydrogen-bond acceptors (Lipinski definition) is 3. The van der Waals surface area contributed by atoms with Crippen molar-refractivity contribution < 1.29 is 23.1 Å². The molecule has 0 saturated heterocycles. The van der Waals surface area contributed by atoms with E-state index in [0.29, 0.717) is 26.7 Å². The summed E-state index contributed by atoms with van der Waals surface area (Å²) in [5.74, 6) is -1.25. The highest BCUT2D eigenvalue weighted by Crippen LogP contribution is 2.34. The molecule has 0 aliphatic carbocycles. The number of carboxylic acids is 1. The van der Waals surface area contributed by atoms with Crippen LogP contribution in [-0.2, 0) is 13.1 Å². The fraction of sp³-hybridized carbons (Fsp3) is 0.160. The number of halogens is 6. The summed E-state index contributed by atoms with van der Waals surface area (Å²) < 4.78 is 40.8. The van der Waals surface area contributed by atoms with Gasteiger partial charge in [0.2, 0.25) is 0 Å². The minimum Gasteiger partial charge on any atom is -0.478 e. The molecule has 1 heterocycles. The molecule has 1 N–H and O–H groups in total. The van der Waals surface area contributed by atoms with Gasteiger partial charge in [-0.2, -0.15) is 13.2 Å². The third-order valence-corrected chi connectivity index (χ3v) is 6.63. The number of nitrogens with zero attached hydrogens (tertiary/aromatic N) is 3. The van der Waals surface area contributed by atoms with Crippen LogP contribution in [0.3, 0.4) is 0 Å². The minimum absolute atomic E-state index is 0.00293. The predicted octanol–water partition coefficient (Wildman–Crippen LogP) is 7.04. The summed E-state index contributed by atoms with van der Waals surface area (Å²) in [6.45, 7) is -0.976. The zero-order chi connectivity index (χ0) is 26.9. The van der Waals surface area contributed by atoms with Crippen molar-refractivity contribution in [1.29, 1.82) is 0 Å². The SMILES string of the molecule is O=C(O)c1ccc(-c2cccc(Cl)c2Cl)cc1Cn1nc(-c2ccc(Cl)cc2)n(CCC(F)(F)F)c1=O. The number of carbonyl (C=O) groups is 1. The molecule has 0 amide bonds. The number of carboxylic acid groups (broad SMARTS) is 1. The summed E-state index contributed by atoms with van der Waals surface area (Å²) in [4.78, 5) is 25.1. The Morgan fingerprint density at radius 2 is 1.65 bits per heavy atom. The molecule has 0 radical (unpaired) electrons. The van der Waals surface area contributed by atoms with Crippen molar-refractivity contribution in [2.75, 3.05) is 0 Å². The second kappa shape index (κ2) is 10.6. The highest BCUT2D eigenvalue weighted by molar-refractivity contribution is 6.43. The van der Waals surface area contributed by atoms with Gasteiger partial charge in [0.25, 0.3) is 0 Å². The van der Waals surface area contributed by atoms with E-state index < -0.39 is 30.8 Å². The zero-order valence-electron chi connectivity index (χ0n) is 18.8. The first kappa shape index (κ1) is 26.8. The van der Waals surface area contributed by atoms with Crippen molar-refractivity contribution in [1.82, 2.24) is 14.3 Å². The summed E-state index contributed by atoms with van der Waals surface area (Å²) in [6.07, 6.45) is -5.75. The molecule has 3 aromatic carbocycles. The molecular formula is C25H17Cl3F3N3O3. The fourth-order valence-corrected chi connectivity index (χ4v) is 4.32. The molecule has 192 valence electrons. The lowest BCUT2D eigenvalue weighted by atomic mass is 9.99. The van der Waals surface area contributed by atoms with Crippen molar-refractivity contribution in [3.05, 3.63) is 97.3 Å². The topological polar surface area (TPSA) is 77.1 Å². The van der Waals surface area contributed by atoms with Gasteiger partial charge in [0.05, 0.1) is 28.6 Å². The molecule has 12 heteroatoms. The van der Waals surface area contributed by atoms with Crippen LogP contribution in [0.1, 0.15) is 22.3 Å². The predicted molar refractivity (Wildman–Crippen MR) is 136 cm³/mol. The Balaban J connectivity index is 1.82. The number of aromatic carboxylic acids is 1. The molecule has 6 nitrogen and oxygen atoms in total. The van der Waals surface area contributed by atoms with Crippen molar-refractivity contribution in [2.45, 2.75) is 25.7 Å². The molecule has 0 unspecified atom stereocenters. The summed E-state index contributed by atoms with van der Waals surface area (Å²) in [5, 5.41) is 14.9. The Kier molecular flexibility index (Phi) is 7.68. The van der Waals surface area contributed by atoms with Gasteiger partial charge in [0, 0.05) is 22.7 Å². The van der Waals surface area contributed by atoms with Crippen LogP contribution in [0, 0.1) is 0 Å². The van der Waals surface area contributed by atoms with E-state index in [4.69, 9.17) is 34.8 Å². The van der Waals surface area contributed by atoms with Gasteiger partial charge in [0.15, 0.2) is 5.82 Å². The Labute approximate surface area is 223 Å². The van der Waals surface area contributed by atoms with Gasteiger partial charge in [-0.3, -0.25) is 4.57 Å². The van der Waals surface area contributed by atoms with E-state index in [-0.39, 0.29) is 28.5 Å². The standard InChI is InChI=1S/C25H17Cl3F3N3O3/c26-17-7-4-14(5-8-17)22-32-34(24(37)33(22)11-10-25(29,30)31)13-16-12-15(6-9-19(16)23(35)36)18-2-1-3-20(27)21(18)28/h1-9,12H,10-11,13H2,(H,35,36). The summed E-state index contributed by atoms with van der Waals surface area (Å²) >= 11 is 18.4. The average molecular weight is 571 g/mol. The lowest BCUT2D eigenvalue weighted by Gasteiger charge is -2.11. The summed E-state index contributed by atoms with van der Waals surface area (Å²) in [7, 11) is 0. The van der Waals surface area contributed by atoms with E-state index in [0.717, 1.165) is 9.25 Å². The minimum atomic E-state index is -4.50. The van der Waals surface area contributed by atoms with E-state index >= 15 is 0 Å². The van der Waals surface area contributed by atoms with Crippen molar-refractivity contribution >= 4 is 40.8 Å². The molecular weight excluding hydrogens is 554 g/mol. The van der Waals surface area contributed by atoms with Gasteiger partial charge in [0.1, 0.15) is 0 Å². The molecule has 0 aliphatic rings. The maximum absolute atomic E-state index is 13.2. The fourth-order valence-electron chi connectivity index (χ4n) is 3.79. The number of rotatable bonds is 7. The molecule has 0 atom stereocenters. The van der Waals surface area contributed by atoms with E-state index in [1.165, 1.54) is 36.4 Å².